The second-order valence-electron chi connectivity index (χ2n) is 8.14. The van der Waals surface area contributed by atoms with Crippen LogP contribution in [0.5, 0.6) is 0 Å². The zero-order valence-electron chi connectivity index (χ0n) is 17.1. The Bertz CT molecular complexity index is 1140. The number of amides is 1. The van der Waals surface area contributed by atoms with Gasteiger partial charge in [0.25, 0.3) is 0 Å². The number of carboxylic acids is 1. The van der Waals surface area contributed by atoms with E-state index in [0.717, 1.165) is 39.0 Å². The van der Waals surface area contributed by atoms with Crippen LogP contribution >= 0.6 is 0 Å². The summed E-state index contributed by atoms with van der Waals surface area (Å²) in [5.74, 6) is -0.239. The lowest BCUT2D eigenvalue weighted by Gasteiger charge is -2.37. The first kappa shape index (κ1) is 19.4. The van der Waals surface area contributed by atoms with Crippen LogP contribution in [0.25, 0.3) is 10.9 Å². The second-order valence-corrected chi connectivity index (χ2v) is 8.14. The van der Waals surface area contributed by atoms with Crippen molar-refractivity contribution in [2.75, 3.05) is 41.3 Å². The van der Waals surface area contributed by atoms with Crippen molar-refractivity contribution in [3.63, 3.8) is 0 Å². The van der Waals surface area contributed by atoms with Crippen molar-refractivity contribution in [2.45, 2.75) is 12.8 Å². The van der Waals surface area contributed by atoms with Gasteiger partial charge in [-0.1, -0.05) is 18.2 Å². The molecular weight excluding hydrogens is 392 g/mol. The van der Waals surface area contributed by atoms with Gasteiger partial charge in [0.2, 0.25) is 5.91 Å². The number of aromatic carboxylic acids is 1. The Morgan fingerprint density at radius 2 is 1.65 bits per heavy atom. The van der Waals surface area contributed by atoms with Gasteiger partial charge in [-0.3, -0.25) is 4.79 Å². The molecule has 0 radical (unpaired) electrons. The summed E-state index contributed by atoms with van der Waals surface area (Å²) >= 11 is 0. The highest BCUT2D eigenvalue weighted by molar-refractivity contribution is 6.05. The molecule has 1 aliphatic heterocycles. The maximum Gasteiger partial charge on any atom is 0.336 e. The van der Waals surface area contributed by atoms with Gasteiger partial charge in [-0.2, -0.15) is 0 Å². The van der Waals surface area contributed by atoms with Crippen LogP contribution in [-0.2, 0) is 4.79 Å². The number of nitrogens with zero attached hydrogens (tertiary/aromatic N) is 3. The fourth-order valence-electron chi connectivity index (χ4n) is 4.05. The van der Waals surface area contributed by atoms with Crippen LogP contribution in [0.3, 0.4) is 0 Å². The third-order valence-electron chi connectivity index (χ3n) is 5.97. The zero-order chi connectivity index (χ0) is 21.4. The number of hydrogen-bond donors (Lipinski definition) is 2. The van der Waals surface area contributed by atoms with E-state index >= 15 is 0 Å². The minimum absolute atomic E-state index is 0.00269. The lowest BCUT2D eigenvalue weighted by Crippen LogP contribution is -2.46. The van der Waals surface area contributed by atoms with E-state index in [9.17, 15) is 14.7 Å². The van der Waals surface area contributed by atoms with Crippen LogP contribution in [0.1, 0.15) is 23.2 Å². The van der Waals surface area contributed by atoms with Gasteiger partial charge in [0.05, 0.1) is 11.1 Å². The van der Waals surface area contributed by atoms with Crippen LogP contribution in [-0.4, -0.2) is 48.1 Å². The van der Waals surface area contributed by atoms with Gasteiger partial charge in [-0.25, -0.2) is 9.78 Å². The Labute approximate surface area is 180 Å². The topological polar surface area (TPSA) is 85.8 Å². The van der Waals surface area contributed by atoms with Gasteiger partial charge < -0.3 is 20.2 Å². The molecule has 1 aromatic heterocycles. The predicted octanol–water partition coefficient (Wildman–Crippen LogP) is 3.61. The molecule has 5 rings (SSSR count). The van der Waals surface area contributed by atoms with E-state index in [1.54, 1.807) is 24.3 Å². The molecule has 1 aliphatic carbocycles. The lowest BCUT2D eigenvalue weighted by atomic mass is 10.1. The first-order chi connectivity index (χ1) is 15.1. The molecule has 0 unspecified atom stereocenters. The summed E-state index contributed by atoms with van der Waals surface area (Å²) < 4.78 is 0. The number of para-hydroxylation sites is 1. The summed E-state index contributed by atoms with van der Waals surface area (Å²) in [6.07, 6.45) is 1.84. The van der Waals surface area contributed by atoms with E-state index < -0.39 is 5.97 Å². The van der Waals surface area contributed by atoms with Gasteiger partial charge in [-0.05, 0) is 49.2 Å². The highest BCUT2D eigenvalue weighted by atomic mass is 16.4. The fraction of sp³-hybridized carbons (Fsp3) is 0.292. The fourth-order valence-corrected chi connectivity index (χ4v) is 4.05. The van der Waals surface area contributed by atoms with E-state index in [0.29, 0.717) is 22.4 Å². The molecule has 3 aromatic rings. The van der Waals surface area contributed by atoms with Crippen LogP contribution in [0.4, 0.5) is 17.2 Å². The number of carbonyl (C=O) groups is 2. The number of aromatic nitrogens is 1. The molecule has 2 N–H and O–H groups in total. The first-order valence-electron chi connectivity index (χ1n) is 10.6. The van der Waals surface area contributed by atoms with Crippen LogP contribution in [0, 0.1) is 5.92 Å². The standard InChI is InChI=1S/C24H24N4O3/c29-23(16-6-7-16)25-17-8-9-21-19(14-17)20(24(30)31)15-22(26-21)28-12-10-27(11-13-28)18-4-2-1-3-5-18/h1-5,8-9,14-16H,6-7,10-13H2,(H,25,29)(H,30,31). The normalized spacial score (nSPS) is 16.4. The molecule has 2 fully saturated rings. The number of carbonyl (C=O) groups excluding carboxylic acids is 1. The van der Waals surface area contributed by atoms with Crippen LogP contribution in [0.2, 0.25) is 0 Å². The molecular formula is C24H24N4O3. The SMILES string of the molecule is O=C(O)c1cc(N2CCN(c3ccccc3)CC2)nc2ccc(NC(=O)C3CC3)cc12. The van der Waals surface area contributed by atoms with E-state index in [2.05, 4.69) is 27.2 Å². The molecule has 7 nitrogen and oxygen atoms in total. The molecule has 0 atom stereocenters. The lowest BCUT2D eigenvalue weighted by molar-refractivity contribution is -0.117. The summed E-state index contributed by atoms with van der Waals surface area (Å²) in [7, 11) is 0. The molecule has 2 aliphatic rings. The monoisotopic (exact) mass is 416 g/mol. The number of benzene rings is 2. The minimum atomic E-state index is -0.998. The van der Waals surface area contributed by atoms with Crippen molar-refractivity contribution in [1.29, 1.82) is 0 Å². The Hall–Kier alpha value is -3.61. The smallest absolute Gasteiger partial charge is 0.336 e. The van der Waals surface area contributed by atoms with Gasteiger partial charge >= 0.3 is 5.97 Å². The minimum Gasteiger partial charge on any atom is -0.478 e. The number of piperazine rings is 1. The zero-order valence-corrected chi connectivity index (χ0v) is 17.1. The molecule has 2 aromatic carbocycles. The molecule has 2 heterocycles. The third-order valence-corrected chi connectivity index (χ3v) is 5.97. The summed E-state index contributed by atoms with van der Waals surface area (Å²) in [5, 5.41) is 13.2. The Morgan fingerprint density at radius 3 is 2.32 bits per heavy atom. The molecule has 158 valence electrons. The van der Waals surface area contributed by atoms with Crippen molar-refractivity contribution in [1.82, 2.24) is 4.98 Å². The third kappa shape index (κ3) is 4.03. The maximum atomic E-state index is 12.1. The van der Waals surface area contributed by atoms with Gasteiger partial charge in [0, 0.05) is 48.9 Å². The summed E-state index contributed by atoms with van der Waals surface area (Å²) in [6.45, 7) is 3.22. The molecule has 31 heavy (non-hydrogen) atoms. The van der Waals surface area contributed by atoms with Crippen molar-refractivity contribution in [3.05, 3.63) is 60.2 Å². The molecule has 7 heteroatoms. The highest BCUT2D eigenvalue weighted by Crippen LogP contribution is 2.31. The Balaban J connectivity index is 1.39. The number of carboxylic acid groups (broad SMARTS) is 1. The molecule has 1 amide bonds. The quantitative estimate of drug-likeness (QED) is 0.661. The van der Waals surface area contributed by atoms with Crippen molar-refractivity contribution >= 4 is 40.0 Å². The molecule has 0 bridgehead atoms. The molecule has 1 saturated carbocycles. The van der Waals surface area contributed by atoms with E-state index in [-0.39, 0.29) is 17.4 Å². The second kappa shape index (κ2) is 7.91. The van der Waals surface area contributed by atoms with Gasteiger partial charge in [-0.15, -0.1) is 0 Å². The van der Waals surface area contributed by atoms with Crippen molar-refractivity contribution in [2.24, 2.45) is 5.92 Å². The summed E-state index contributed by atoms with van der Waals surface area (Å²) in [5.41, 5.74) is 2.62. The molecule has 0 spiro atoms. The average molecular weight is 416 g/mol. The first-order valence-corrected chi connectivity index (χ1v) is 10.6. The summed E-state index contributed by atoms with van der Waals surface area (Å²) in [4.78, 5) is 33.3. The van der Waals surface area contributed by atoms with E-state index in [1.807, 2.05) is 18.2 Å². The van der Waals surface area contributed by atoms with Crippen molar-refractivity contribution in [3.8, 4) is 0 Å². The number of pyridine rings is 1. The summed E-state index contributed by atoms with van der Waals surface area (Å²) in [6, 6.07) is 17.2. The van der Waals surface area contributed by atoms with Crippen LogP contribution < -0.4 is 15.1 Å². The van der Waals surface area contributed by atoms with Crippen LogP contribution in [0.15, 0.2) is 54.6 Å². The Morgan fingerprint density at radius 1 is 0.935 bits per heavy atom. The maximum absolute atomic E-state index is 12.1. The molecule has 1 saturated heterocycles. The van der Waals surface area contributed by atoms with Gasteiger partial charge in [0.15, 0.2) is 0 Å². The highest BCUT2D eigenvalue weighted by Gasteiger charge is 2.29. The van der Waals surface area contributed by atoms with E-state index in [1.165, 1.54) is 5.69 Å². The number of rotatable bonds is 5. The number of nitrogens with one attached hydrogen (secondary N) is 1. The largest absolute Gasteiger partial charge is 0.478 e. The average Bonchev–Trinajstić information content (AvgIpc) is 3.65. The number of anilines is 3. The van der Waals surface area contributed by atoms with Gasteiger partial charge in [0.1, 0.15) is 5.82 Å². The number of hydrogen-bond acceptors (Lipinski definition) is 5. The van der Waals surface area contributed by atoms with E-state index in [4.69, 9.17) is 4.98 Å². The predicted molar refractivity (Wildman–Crippen MR) is 121 cm³/mol. The Kier molecular flexibility index (Phi) is 4.94. The number of fused-ring (bicyclic) bond motifs is 1. The van der Waals surface area contributed by atoms with Crippen molar-refractivity contribution < 1.29 is 14.7 Å².